The molecule has 1 aromatic rings. The standard InChI is InChI=1S/C10H10F5NO2/c1-4(16)8(17)5-2-6(11)9(7(12)3-5)18-10(13,14)15/h2-4,8,17H,16H2,1H3/t4-,8-/m1/s1. The summed E-state index contributed by atoms with van der Waals surface area (Å²) in [6.45, 7) is 1.38. The molecule has 0 aliphatic carbocycles. The number of ether oxygens (including phenoxy) is 1. The molecule has 0 unspecified atom stereocenters. The number of benzene rings is 1. The SMILES string of the molecule is C[C@@H](N)[C@@H](O)c1cc(F)c(OC(F)(F)F)c(F)c1. The van der Waals surface area contributed by atoms with Gasteiger partial charge in [0.05, 0.1) is 6.10 Å². The van der Waals surface area contributed by atoms with Crippen LogP contribution in [0.25, 0.3) is 0 Å². The van der Waals surface area contributed by atoms with Gasteiger partial charge < -0.3 is 15.6 Å². The molecule has 0 spiro atoms. The Labute approximate surface area is 99.0 Å². The molecule has 0 aromatic heterocycles. The van der Waals surface area contributed by atoms with E-state index in [-0.39, 0.29) is 5.56 Å². The van der Waals surface area contributed by atoms with Crippen LogP contribution >= 0.6 is 0 Å². The maximum atomic E-state index is 13.2. The summed E-state index contributed by atoms with van der Waals surface area (Å²) in [5.41, 5.74) is 5.03. The van der Waals surface area contributed by atoms with E-state index in [0.29, 0.717) is 12.1 Å². The van der Waals surface area contributed by atoms with Crippen molar-refractivity contribution in [2.75, 3.05) is 0 Å². The van der Waals surface area contributed by atoms with Crippen LogP contribution in [0.2, 0.25) is 0 Å². The lowest BCUT2D eigenvalue weighted by Crippen LogP contribution is -2.25. The molecule has 18 heavy (non-hydrogen) atoms. The van der Waals surface area contributed by atoms with E-state index in [1.54, 1.807) is 0 Å². The van der Waals surface area contributed by atoms with Gasteiger partial charge in [0.2, 0.25) is 5.75 Å². The minimum atomic E-state index is -5.21. The van der Waals surface area contributed by atoms with E-state index in [2.05, 4.69) is 4.74 Å². The Morgan fingerprint density at radius 1 is 1.22 bits per heavy atom. The van der Waals surface area contributed by atoms with Gasteiger partial charge >= 0.3 is 6.36 Å². The van der Waals surface area contributed by atoms with E-state index in [0.717, 1.165) is 0 Å². The van der Waals surface area contributed by atoms with Gasteiger partial charge in [0.1, 0.15) is 0 Å². The molecule has 0 bridgehead atoms. The Morgan fingerprint density at radius 2 is 1.67 bits per heavy atom. The Bertz CT molecular complexity index is 410. The summed E-state index contributed by atoms with van der Waals surface area (Å²) in [5.74, 6) is -4.70. The molecule has 3 nitrogen and oxygen atoms in total. The first-order chi connectivity index (χ1) is 8.11. The maximum absolute atomic E-state index is 13.2. The molecule has 0 aliphatic heterocycles. The van der Waals surface area contributed by atoms with E-state index in [9.17, 15) is 27.1 Å². The summed E-state index contributed by atoms with van der Waals surface area (Å²) in [6.07, 6.45) is -6.60. The highest BCUT2D eigenvalue weighted by molar-refractivity contribution is 5.33. The summed E-state index contributed by atoms with van der Waals surface area (Å²) in [5, 5.41) is 9.45. The van der Waals surface area contributed by atoms with Crippen LogP contribution in [-0.2, 0) is 0 Å². The van der Waals surface area contributed by atoms with Crippen LogP contribution in [0.1, 0.15) is 18.6 Å². The van der Waals surface area contributed by atoms with Crippen LogP contribution < -0.4 is 10.5 Å². The second-order valence-electron chi connectivity index (χ2n) is 3.67. The van der Waals surface area contributed by atoms with E-state index < -0.39 is 35.9 Å². The van der Waals surface area contributed by atoms with Crippen molar-refractivity contribution in [1.82, 2.24) is 0 Å². The van der Waals surface area contributed by atoms with Crippen LogP contribution in [0.5, 0.6) is 5.75 Å². The van der Waals surface area contributed by atoms with Crippen molar-refractivity contribution in [2.45, 2.75) is 25.4 Å². The van der Waals surface area contributed by atoms with Crippen LogP contribution in [0.4, 0.5) is 22.0 Å². The number of aliphatic hydroxyl groups is 1. The normalized spacial score (nSPS) is 15.3. The molecule has 8 heteroatoms. The van der Waals surface area contributed by atoms with E-state index in [1.165, 1.54) is 6.92 Å². The quantitative estimate of drug-likeness (QED) is 0.829. The molecule has 0 fully saturated rings. The summed E-state index contributed by atoms with van der Waals surface area (Å²) >= 11 is 0. The zero-order chi connectivity index (χ0) is 14.1. The highest BCUT2D eigenvalue weighted by Crippen LogP contribution is 2.31. The van der Waals surface area contributed by atoms with Crippen molar-refractivity contribution in [2.24, 2.45) is 5.73 Å². The summed E-state index contributed by atoms with van der Waals surface area (Å²) in [4.78, 5) is 0. The molecule has 0 aliphatic rings. The smallest absolute Gasteiger partial charge is 0.399 e. The largest absolute Gasteiger partial charge is 0.573 e. The summed E-state index contributed by atoms with van der Waals surface area (Å²) in [7, 11) is 0. The minimum Gasteiger partial charge on any atom is -0.399 e. The Kier molecular flexibility index (Phi) is 4.12. The van der Waals surface area contributed by atoms with Crippen molar-refractivity contribution in [3.63, 3.8) is 0 Å². The van der Waals surface area contributed by atoms with Gasteiger partial charge in [-0.2, -0.15) is 0 Å². The predicted octanol–water partition coefficient (Wildman–Crippen LogP) is 2.24. The first kappa shape index (κ1) is 14.7. The molecule has 0 radical (unpaired) electrons. The van der Waals surface area contributed by atoms with Crippen molar-refractivity contribution in [3.8, 4) is 5.75 Å². The third-order valence-electron chi connectivity index (χ3n) is 2.08. The summed E-state index contributed by atoms with van der Waals surface area (Å²) < 4.78 is 65.3. The lowest BCUT2D eigenvalue weighted by Gasteiger charge is -2.17. The number of aliphatic hydroxyl groups excluding tert-OH is 1. The molecule has 0 saturated carbocycles. The fourth-order valence-electron chi connectivity index (χ4n) is 1.27. The third-order valence-corrected chi connectivity index (χ3v) is 2.08. The first-order valence-corrected chi connectivity index (χ1v) is 4.80. The maximum Gasteiger partial charge on any atom is 0.573 e. The Morgan fingerprint density at radius 3 is 2.00 bits per heavy atom. The first-order valence-electron chi connectivity index (χ1n) is 4.80. The fourth-order valence-corrected chi connectivity index (χ4v) is 1.27. The summed E-state index contributed by atoms with van der Waals surface area (Å²) in [6, 6.07) is 0.245. The minimum absolute atomic E-state index is 0.269. The second kappa shape index (κ2) is 5.07. The topological polar surface area (TPSA) is 55.5 Å². The molecule has 0 heterocycles. The molecule has 0 amide bonds. The molecular formula is C10H10F5NO2. The number of rotatable bonds is 3. The van der Waals surface area contributed by atoms with E-state index in [4.69, 9.17) is 5.73 Å². The van der Waals surface area contributed by atoms with Crippen LogP contribution in [0.15, 0.2) is 12.1 Å². The fraction of sp³-hybridized carbons (Fsp3) is 0.400. The molecule has 0 saturated heterocycles. The van der Waals surface area contributed by atoms with Gasteiger partial charge in [-0.05, 0) is 24.6 Å². The molecule has 102 valence electrons. The van der Waals surface area contributed by atoms with E-state index in [1.807, 2.05) is 0 Å². The van der Waals surface area contributed by atoms with Gasteiger partial charge in [-0.3, -0.25) is 0 Å². The average Bonchev–Trinajstić information content (AvgIpc) is 2.20. The monoisotopic (exact) mass is 271 g/mol. The number of alkyl halides is 3. The van der Waals surface area contributed by atoms with Crippen molar-refractivity contribution in [3.05, 3.63) is 29.3 Å². The number of halogens is 5. The highest BCUT2D eigenvalue weighted by atomic mass is 19.4. The molecule has 1 rings (SSSR count). The number of nitrogens with two attached hydrogens (primary N) is 1. The van der Waals surface area contributed by atoms with Gasteiger partial charge in [-0.1, -0.05) is 0 Å². The van der Waals surface area contributed by atoms with Crippen molar-refractivity contribution >= 4 is 0 Å². The van der Waals surface area contributed by atoms with Crippen LogP contribution in [-0.4, -0.2) is 17.5 Å². The molecule has 1 aromatic carbocycles. The predicted molar refractivity (Wildman–Crippen MR) is 51.7 cm³/mol. The van der Waals surface area contributed by atoms with Gasteiger partial charge in [0, 0.05) is 6.04 Å². The molecule has 3 N–H and O–H groups in total. The Balaban J connectivity index is 3.13. The number of hydrogen-bond acceptors (Lipinski definition) is 3. The van der Waals surface area contributed by atoms with Gasteiger partial charge in [0.15, 0.2) is 11.6 Å². The van der Waals surface area contributed by atoms with Crippen molar-refractivity contribution < 1.29 is 31.8 Å². The Hall–Kier alpha value is -1.41. The zero-order valence-electron chi connectivity index (χ0n) is 9.13. The lowest BCUT2D eigenvalue weighted by atomic mass is 10.0. The van der Waals surface area contributed by atoms with Gasteiger partial charge in [0.25, 0.3) is 0 Å². The highest BCUT2D eigenvalue weighted by Gasteiger charge is 2.34. The molecular weight excluding hydrogens is 261 g/mol. The zero-order valence-corrected chi connectivity index (χ0v) is 9.13. The lowest BCUT2D eigenvalue weighted by molar-refractivity contribution is -0.276. The molecule has 2 atom stereocenters. The van der Waals surface area contributed by atoms with Crippen LogP contribution in [0.3, 0.4) is 0 Å². The van der Waals surface area contributed by atoms with Crippen molar-refractivity contribution in [1.29, 1.82) is 0 Å². The average molecular weight is 271 g/mol. The van der Waals surface area contributed by atoms with Gasteiger partial charge in [-0.25, -0.2) is 8.78 Å². The third kappa shape index (κ3) is 3.54. The van der Waals surface area contributed by atoms with Gasteiger partial charge in [-0.15, -0.1) is 13.2 Å². The van der Waals surface area contributed by atoms with Crippen LogP contribution in [0, 0.1) is 11.6 Å². The van der Waals surface area contributed by atoms with E-state index >= 15 is 0 Å². The number of hydrogen-bond donors (Lipinski definition) is 2. The second-order valence-corrected chi connectivity index (χ2v) is 3.67.